The first-order valence-corrected chi connectivity index (χ1v) is 6.69. The van der Waals surface area contributed by atoms with Gasteiger partial charge in [0.05, 0.1) is 18.4 Å². The van der Waals surface area contributed by atoms with Crippen LogP contribution in [0.25, 0.3) is 0 Å². The summed E-state index contributed by atoms with van der Waals surface area (Å²) in [5.41, 5.74) is 0. The van der Waals surface area contributed by atoms with Gasteiger partial charge in [-0.15, -0.1) is 0 Å². The number of amidine groups is 1. The number of hydrogen-bond donors (Lipinski definition) is 3. The van der Waals surface area contributed by atoms with E-state index in [0.29, 0.717) is 19.4 Å². The van der Waals surface area contributed by atoms with Crippen LogP contribution in [0.3, 0.4) is 0 Å². The Morgan fingerprint density at radius 2 is 2.33 bits per heavy atom. The van der Waals surface area contributed by atoms with Crippen molar-refractivity contribution >= 4 is 17.8 Å². The molecule has 21 heavy (non-hydrogen) atoms. The molecule has 2 atom stereocenters. The zero-order chi connectivity index (χ0) is 15.0. The largest absolute Gasteiger partial charge is 0.344 e. The lowest BCUT2D eigenvalue weighted by molar-refractivity contribution is -0.120. The number of hydrogen-bond acceptors (Lipinski definition) is 5. The van der Waals surface area contributed by atoms with Crippen LogP contribution in [0.4, 0.5) is 4.79 Å². The van der Waals surface area contributed by atoms with Gasteiger partial charge in [-0.25, -0.2) is 14.8 Å². The topological polar surface area (TPSA) is 115 Å². The number of urea groups is 1. The zero-order valence-electron chi connectivity index (χ0n) is 11.3. The van der Waals surface area contributed by atoms with Gasteiger partial charge in [0.2, 0.25) is 5.91 Å². The summed E-state index contributed by atoms with van der Waals surface area (Å²) in [5.74, 6) is -0.352. The van der Waals surface area contributed by atoms with Gasteiger partial charge in [0.15, 0.2) is 0 Å². The number of piperidine rings is 1. The molecule has 2 bridgehead atoms. The maximum atomic E-state index is 11.9. The van der Waals surface area contributed by atoms with E-state index in [1.165, 1.54) is 11.2 Å². The SMILES string of the molecule is N=C(NC(=O)Cn1ccnc1)[C@@H]1CC[C@@H]2CN1C(=O)N2O. The lowest BCUT2D eigenvalue weighted by atomic mass is 10.00. The van der Waals surface area contributed by atoms with Gasteiger partial charge in [-0.1, -0.05) is 0 Å². The third kappa shape index (κ3) is 2.47. The smallest absolute Gasteiger partial charge is 0.328 e. The average Bonchev–Trinajstić information content (AvgIpc) is 3.03. The number of aromatic nitrogens is 2. The molecule has 9 heteroatoms. The molecule has 0 aromatic carbocycles. The molecule has 3 rings (SSSR count). The van der Waals surface area contributed by atoms with E-state index in [-0.39, 0.29) is 24.3 Å². The van der Waals surface area contributed by atoms with Crippen molar-refractivity contribution in [3.63, 3.8) is 0 Å². The van der Waals surface area contributed by atoms with Crippen molar-refractivity contribution in [2.45, 2.75) is 31.5 Å². The van der Waals surface area contributed by atoms with Crippen LogP contribution in [0, 0.1) is 5.41 Å². The molecule has 9 nitrogen and oxygen atoms in total. The second kappa shape index (κ2) is 5.17. The van der Waals surface area contributed by atoms with Crippen LogP contribution < -0.4 is 5.32 Å². The van der Waals surface area contributed by atoms with Crippen molar-refractivity contribution in [1.82, 2.24) is 24.8 Å². The Hall–Kier alpha value is -2.42. The quantitative estimate of drug-likeness (QED) is 0.400. The molecule has 0 spiro atoms. The van der Waals surface area contributed by atoms with Crippen molar-refractivity contribution < 1.29 is 14.8 Å². The van der Waals surface area contributed by atoms with E-state index in [1.54, 1.807) is 17.0 Å². The number of hydroxylamine groups is 2. The minimum Gasteiger partial charge on any atom is -0.328 e. The predicted molar refractivity (Wildman–Crippen MR) is 70.6 cm³/mol. The monoisotopic (exact) mass is 292 g/mol. The normalized spacial score (nSPS) is 24.3. The van der Waals surface area contributed by atoms with E-state index in [1.807, 2.05) is 0 Å². The van der Waals surface area contributed by atoms with Crippen LogP contribution in [0.1, 0.15) is 12.8 Å². The van der Waals surface area contributed by atoms with E-state index in [2.05, 4.69) is 10.3 Å². The Bertz CT molecular complexity index is 572. The summed E-state index contributed by atoms with van der Waals surface area (Å²) >= 11 is 0. The highest BCUT2D eigenvalue weighted by molar-refractivity contribution is 6.00. The number of fused-ring (bicyclic) bond motifs is 2. The number of imidazole rings is 1. The molecule has 2 fully saturated rings. The van der Waals surface area contributed by atoms with Gasteiger partial charge in [-0.2, -0.15) is 0 Å². The fourth-order valence-corrected chi connectivity index (χ4v) is 2.77. The first-order valence-electron chi connectivity index (χ1n) is 6.69. The number of nitrogens with one attached hydrogen (secondary N) is 2. The van der Waals surface area contributed by atoms with Crippen molar-refractivity contribution in [2.24, 2.45) is 0 Å². The second-order valence-corrected chi connectivity index (χ2v) is 5.22. The first kappa shape index (κ1) is 13.6. The molecule has 0 aliphatic carbocycles. The molecular formula is C12H16N6O3. The van der Waals surface area contributed by atoms with Gasteiger partial charge in [-0.3, -0.25) is 15.4 Å². The maximum Gasteiger partial charge on any atom is 0.344 e. The molecule has 3 N–H and O–H groups in total. The van der Waals surface area contributed by atoms with Crippen LogP contribution >= 0.6 is 0 Å². The molecule has 0 saturated carbocycles. The van der Waals surface area contributed by atoms with Crippen molar-refractivity contribution in [1.29, 1.82) is 5.41 Å². The number of carbonyl (C=O) groups is 2. The molecule has 2 aliphatic heterocycles. The molecular weight excluding hydrogens is 276 g/mol. The van der Waals surface area contributed by atoms with Gasteiger partial charge < -0.3 is 14.8 Å². The summed E-state index contributed by atoms with van der Waals surface area (Å²) in [6.07, 6.45) is 5.91. The van der Waals surface area contributed by atoms with E-state index in [0.717, 1.165) is 5.06 Å². The van der Waals surface area contributed by atoms with Crippen LogP contribution in [0.15, 0.2) is 18.7 Å². The predicted octanol–water partition coefficient (Wildman–Crippen LogP) is -0.366. The summed E-state index contributed by atoms with van der Waals surface area (Å²) in [6.45, 7) is 0.456. The summed E-state index contributed by atoms with van der Waals surface area (Å²) in [4.78, 5) is 28.9. The Labute approximate surface area is 120 Å². The fourth-order valence-electron chi connectivity index (χ4n) is 2.77. The van der Waals surface area contributed by atoms with Crippen LogP contribution in [0.5, 0.6) is 0 Å². The molecule has 1 aromatic heterocycles. The van der Waals surface area contributed by atoms with Gasteiger partial charge in [-0.05, 0) is 12.8 Å². The third-order valence-electron chi connectivity index (χ3n) is 3.84. The lowest BCUT2D eigenvalue weighted by Crippen LogP contribution is -2.51. The molecule has 0 radical (unpaired) electrons. The van der Waals surface area contributed by atoms with Gasteiger partial charge in [0, 0.05) is 18.9 Å². The van der Waals surface area contributed by atoms with E-state index in [9.17, 15) is 14.8 Å². The number of rotatable bonds is 3. The van der Waals surface area contributed by atoms with Crippen LogP contribution in [-0.2, 0) is 11.3 Å². The molecule has 112 valence electrons. The van der Waals surface area contributed by atoms with E-state index >= 15 is 0 Å². The maximum absolute atomic E-state index is 11.9. The Kier molecular flexibility index (Phi) is 3.34. The Morgan fingerprint density at radius 3 is 3.05 bits per heavy atom. The standard InChI is InChI=1S/C12H16N6O3/c13-11(15-10(19)6-16-4-3-14-7-16)9-2-1-8-5-17(9)12(20)18(8)21/h3-4,7-9,21H,1-2,5-6H2,(H2,13,15,19)/t8-,9+/m1/s1. The minimum atomic E-state index is -0.504. The molecule has 2 aliphatic rings. The van der Waals surface area contributed by atoms with Crippen LogP contribution in [-0.4, -0.2) is 61.1 Å². The molecule has 2 saturated heterocycles. The zero-order valence-corrected chi connectivity index (χ0v) is 11.3. The Balaban J connectivity index is 1.60. The number of carbonyl (C=O) groups excluding carboxylic acids is 2. The average molecular weight is 292 g/mol. The van der Waals surface area contributed by atoms with Crippen molar-refractivity contribution in [3.8, 4) is 0 Å². The minimum absolute atomic E-state index is 0.0118. The van der Waals surface area contributed by atoms with Gasteiger partial charge in [0.25, 0.3) is 0 Å². The summed E-state index contributed by atoms with van der Waals surface area (Å²) in [6, 6.07) is -1.20. The first-order chi connectivity index (χ1) is 10.1. The summed E-state index contributed by atoms with van der Waals surface area (Å²) < 4.78 is 1.59. The second-order valence-electron chi connectivity index (χ2n) is 5.22. The molecule has 1 aromatic rings. The van der Waals surface area contributed by atoms with Crippen LogP contribution in [0.2, 0.25) is 0 Å². The van der Waals surface area contributed by atoms with Gasteiger partial charge >= 0.3 is 6.03 Å². The highest BCUT2D eigenvalue weighted by Crippen LogP contribution is 2.28. The van der Waals surface area contributed by atoms with Gasteiger partial charge in [0.1, 0.15) is 12.4 Å². The van der Waals surface area contributed by atoms with E-state index in [4.69, 9.17) is 5.41 Å². The fraction of sp³-hybridized carbons (Fsp3) is 0.500. The van der Waals surface area contributed by atoms with Crippen molar-refractivity contribution in [3.05, 3.63) is 18.7 Å². The summed E-state index contributed by atoms with van der Waals surface area (Å²) in [5, 5.41) is 20.8. The summed E-state index contributed by atoms with van der Waals surface area (Å²) in [7, 11) is 0. The lowest BCUT2D eigenvalue weighted by Gasteiger charge is -2.30. The highest BCUT2D eigenvalue weighted by Gasteiger charge is 2.45. The molecule has 0 unspecified atom stereocenters. The number of amides is 3. The Morgan fingerprint density at radius 1 is 1.52 bits per heavy atom. The molecule has 3 amide bonds. The van der Waals surface area contributed by atoms with E-state index < -0.39 is 12.1 Å². The third-order valence-corrected chi connectivity index (χ3v) is 3.84. The highest BCUT2D eigenvalue weighted by atomic mass is 16.5. The molecule has 3 heterocycles. The van der Waals surface area contributed by atoms with Crippen molar-refractivity contribution in [2.75, 3.05) is 6.54 Å². The number of nitrogens with zero attached hydrogens (tertiary/aromatic N) is 4.